The molecule has 0 radical (unpaired) electrons. The van der Waals surface area contributed by atoms with Gasteiger partial charge in [0.05, 0.1) is 28.5 Å². The van der Waals surface area contributed by atoms with Gasteiger partial charge in [0.15, 0.2) is 15.7 Å². The van der Waals surface area contributed by atoms with Crippen molar-refractivity contribution in [1.82, 2.24) is 25.0 Å². The normalized spacial score (nSPS) is 12.3. The van der Waals surface area contributed by atoms with Gasteiger partial charge < -0.3 is 5.32 Å². The second-order valence-corrected chi connectivity index (χ2v) is 9.06. The van der Waals surface area contributed by atoms with Crippen LogP contribution >= 0.6 is 0 Å². The van der Waals surface area contributed by atoms with Crippen molar-refractivity contribution in [2.24, 2.45) is 5.92 Å². The highest BCUT2D eigenvalue weighted by atomic mass is 32.2. The first kappa shape index (κ1) is 17.5. The molecule has 4 aromatic rings. The van der Waals surface area contributed by atoms with E-state index < -0.39 is 9.84 Å². The highest BCUT2D eigenvalue weighted by Crippen LogP contribution is 2.30. The standard InChI is InChI=1S/C18H20N6O2S/c1-11(2)9-24-10-12(7-20-24)21-18-17-15(8-19-23-17)14-6-13(27(3,25)26)4-5-16(14)22-18/h4-8,10-11H,9H2,1-3H3,(H,19,23)(H,21,22). The zero-order valence-electron chi connectivity index (χ0n) is 15.3. The van der Waals surface area contributed by atoms with Gasteiger partial charge in [-0.1, -0.05) is 13.8 Å². The molecule has 0 spiro atoms. The van der Waals surface area contributed by atoms with E-state index in [1.165, 1.54) is 6.26 Å². The quantitative estimate of drug-likeness (QED) is 0.548. The second-order valence-electron chi connectivity index (χ2n) is 7.04. The minimum atomic E-state index is -3.30. The van der Waals surface area contributed by atoms with Gasteiger partial charge in [-0.3, -0.25) is 9.78 Å². The van der Waals surface area contributed by atoms with Crippen molar-refractivity contribution in [3.05, 3.63) is 36.8 Å². The molecule has 0 saturated heterocycles. The molecule has 0 saturated carbocycles. The number of anilines is 2. The summed E-state index contributed by atoms with van der Waals surface area (Å²) in [5.74, 6) is 1.12. The summed E-state index contributed by atoms with van der Waals surface area (Å²) in [7, 11) is -3.30. The molecule has 3 heterocycles. The van der Waals surface area contributed by atoms with Gasteiger partial charge in [0.1, 0.15) is 5.52 Å². The van der Waals surface area contributed by atoms with Crippen LogP contribution in [0.25, 0.3) is 21.8 Å². The molecule has 0 unspecified atom stereocenters. The Balaban J connectivity index is 1.79. The third-order valence-electron chi connectivity index (χ3n) is 4.24. The van der Waals surface area contributed by atoms with Crippen molar-refractivity contribution in [3.8, 4) is 0 Å². The van der Waals surface area contributed by atoms with E-state index in [-0.39, 0.29) is 4.90 Å². The predicted molar refractivity (Wildman–Crippen MR) is 105 cm³/mol. The lowest BCUT2D eigenvalue weighted by atomic mass is 10.1. The maximum absolute atomic E-state index is 11.9. The fourth-order valence-electron chi connectivity index (χ4n) is 3.04. The highest BCUT2D eigenvalue weighted by molar-refractivity contribution is 7.90. The van der Waals surface area contributed by atoms with Gasteiger partial charge in [-0.2, -0.15) is 10.2 Å². The van der Waals surface area contributed by atoms with Crippen molar-refractivity contribution in [2.75, 3.05) is 11.6 Å². The lowest BCUT2D eigenvalue weighted by molar-refractivity contribution is 0.483. The molecule has 0 fully saturated rings. The molecule has 2 N–H and O–H groups in total. The number of sulfone groups is 1. The van der Waals surface area contributed by atoms with Crippen LogP contribution in [0.1, 0.15) is 13.8 Å². The Hall–Kier alpha value is -2.94. The number of rotatable bonds is 5. The van der Waals surface area contributed by atoms with Gasteiger partial charge in [0.2, 0.25) is 0 Å². The number of hydrogen-bond acceptors (Lipinski definition) is 6. The largest absolute Gasteiger partial charge is 0.336 e. The Morgan fingerprint density at radius 2 is 2.04 bits per heavy atom. The summed E-state index contributed by atoms with van der Waals surface area (Å²) in [6.45, 7) is 5.11. The number of nitrogens with zero attached hydrogens (tertiary/aromatic N) is 4. The number of aromatic nitrogens is 5. The van der Waals surface area contributed by atoms with Crippen LogP contribution in [0.15, 0.2) is 41.7 Å². The lowest BCUT2D eigenvalue weighted by Gasteiger charge is -2.08. The van der Waals surface area contributed by atoms with Crippen molar-refractivity contribution in [3.63, 3.8) is 0 Å². The number of nitrogens with one attached hydrogen (secondary N) is 2. The molecule has 0 aliphatic carbocycles. The average molecular weight is 384 g/mol. The third kappa shape index (κ3) is 3.37. The number of hydrogen-bond donors (Lipinski definition) is 2. The Bertz CT molecular complexity index is 1240. The Kier molecular flexibility index (Phi) is 4.11. The van der Waals surface area contributed by atoms with Gasteiger partial charge in [0.25, 0.3) is 0 Å². The summed E-state index contributed by atoms with van der Waals surface area (Å²) in [5, 5.41) is 16.2. The van der Waals surface area contributed by atoms with Gasteiger partial charge in [0, 0.05) is 29.8 Å². The number of pyridine rings is 1. The van der Waals surface area contributed by atoms with Gasteiger partial charge in [-0.05, 0) is 24.1 Å². The van der Waals surface area contributed by atoms with E-state index in [2.05, 4.69) is 39.4 Å². The van der Waals surface area contributed by atoms with Crippen LogP contribution in [-0.2, 0) is 16.4 Å². The Labute approximate surface area is 156 Å². The number of aromatic amines is 1. The van der Waals surface area contributed by atoms with Crippen LogP contribution in [0.5, 0.6) is 0 Å². The second kappa shape index (κ2) is 6.34. The molecule has 27 heavy (non-hydrogen) atoms. The summed E-state index contributed by atoms with van der Waals surface area (Å²) >= 11 is 0. The highest BCUT2D eigenvalue weighted by Gasteiger charge is 2.14. The minimum Gasteiger partial charge on any atom is -0.336 e. The predicted octanol–water partition coefficient (Wildman–Crippen LogP) is 3.11. The van der Waals surface area contributed by atoms with Gasteiger partial charge in [-0.15, -0.1) is 0 Å². The molecule has 8 nitrogen and oxygen atoms in total. The first-order chi connectivity index (χ1) is 12.8. The summed E-state index contributed by atoms with van der Waals surface area (Å²) in [4.78, 5) is 4.91. The third-order valence-corrected chi connectivity index (χ3v) is 5.35. The molecule has 0 aliphatic rings. The Morgan fingerprint density at radius 3 is 2.78 bits per heavy atom. The van der Waals surface area contributed by atoms with Crippen molar-refractivity contribution < 1.29 is 8.42 Å². The van der Waals surface area contributed by atoms with Crippen molar-refractivity contribution in [1.29, 1.82) is 0 Å². The first-order valence-corrected chi connectivity index (χ1v) is 10.5. The van der Waals surface area contributed by atoms with Crippen LogP contribution in [0, 0.1) is 5.92 Å². The molecular formula is C18H20N6O2S. The van der Waals surface area contributed by atoms with Crippen molar-refractivity contribution in [2.45, 2.75) is 25.3 Å². The molecule has 0 atom stereocenters. The molecule has 0 amide bonds. The maximum atomic E-state index is 11.9. The van der Waals surface area contributed by atoms with Crippen LogP contribution in [0.4, 0.5) is 11.5 Å². The minimum absolute atomic E-state index is 0.259. The van der Waals surface area contributed by atoms with E-state index in [9.17, 15) is 8.42 Å². The Morgan fingerprint density at radius 1 is 1.22 bits per heavy atom. The zero-order chi connectivity index (χ0) is 19.2. The smallest absolute Gasteiger partial charge is 0.175 e. The van der Waals surface area contributed by atoms with Gasteiger partial charge >= 0.3 is 0 Å². The van der Waals surface area contributed by atoms with Crippen LogP contribution in [0.2, 0.25) is 0 Å². The van der Waals surface area contributed by atoms with Crippen LogP contribution in [0.3, 0.4) is 0 Å². The van der Waals surface area contributed by atoms with Crippen LogP contribution < -0.4 is 5.32 Å². The molecule has 9 heteroatoms. The van der Waals surface area contributed by atoms with E-state index in [1.807, 2.05) is 10.9 Å². The van der Waals surface area contributed by atoms with Gasteiger partial charge in [-0.25, -0.2) is 13.4 Å². The summed E-state index contributed by atoms with van der Waals surface area (Å²) < 4.78 is 25.6. The number of H-pyrrole nitrogens is 1. The summed E-state index contributed by atoms with van der Waals surface area (Å²) in [6.07, 6.45) is 6.56. The molecule has 0 bridgehead atoms. The molecule has 1 aromatic carbocycles. The molecular weight excluding hydrogens is 364 g/mol. The topological polar surface area (TPSA) is 106 Å². The first-order valence-electron chi connectivity index (χ1n) is 8.57. The van der Waals surface area contributed by atoms with E-state index >= 15 is 0 Å². The van der Waals surface area contributed by atoms with E-state index in [4.69, 9.17) is 0 Å². The monoisotopic (exact) mass is 384 g/mol. The van der Waals surface area contributed by atoms with Crippen LogP contribution in [-0.4, -0.2) is 39.6 Å². The van der Waals surface area contributed by atoms with E-state index in [0.29, 0.717) is 22.8 Å². The molecule has 3 aromatic heterocycles. The average Bonchev–Trinajstić information content (AvgIpc) is 3.23. The number of benzene rings is 1. The maximum Gasteiger partial charge on any atom is 0.175 e. The SMILES string of the molecule is CC(C)Cn1cc(Nc2nc3ccc(S(C)(=O)=O)cc3c3cn[nH]c23)cn1. The summed E-state index contributed by atoms with van der Waals surface area (Å²) in [5.41, 5.74) is 2.23. The zero-order valence-corrected chi connectivity index (χ0v) is 16.1. The lowest BCUT2D eigenvalue weighted by Crippen LogP contribution is -2.04. The molecule has 0 aliphatic heterocycles. The fourth-order valence-corrected chi connectivity index (χ4v) is 3.68. The van der Waals surface area contributed by atoms with E-state index in [1.54, 1.807) is 30.6 Å². The van der Waals surface area contributed by atoms with E-state index in [0.717, 1.165) is 23.0 Å². The summed E-state index contributed by atoms with van der Waals surface area (Å²) in [6, 6.07) is 4.92. The molecule has 140 valence electrons. The van der Waals surface area contributed by atoms with Crippen molar-refractivity contribution >= 4 is 43.1 Å². The number of fused-ring (bicyclic) bond motifs is 3. The molecule has 4 rings (SSSR count). The fraction of sp³-hybridized carbons (Fsp3) is 0.278.